The van der Waals surface area contributed by atoms with Gasteiger partial charge in [-0.1, -0.05) is 34.6 Å². The highest BCUT2D eigenvalue weighted by Gasteiger charge is 2.34. The topological polar surface area (TPSA) is 3.24 Å². The number of rotatable bonds is 1. The Morgan fingerprint density at radius 3 is 2.46 bits per heavy atom. The van der Waals surface area contributed by atoms with Crippen LogP contribution in [-0.2, 0) is 0 Å². The van der Waals surface area contributed by atoms with Crippen molar-refractivity contribution >= 4 is 0 Å². The maximum Gasteiger partial charge on any atom is 0.00352 e. The van der Waals surface area contributed by atoms with Crippen molar-refractivity contribution in [3.8, 4) is 0 Å². The van der Waals surface area contributed by atoms with Gasteiger partial charge in [-0.05, 0) is 36.8 Å². The Bertz CT molecular complexity index is 163. The fourth-order valence-corrected chi connectivity index (χ4v) is 2.48. The highest BCUT2D eigenvalue weighted by molar-refractivity contribution is 4.85. The standard InChI is InChI=1S/C12H25N/c1-6-13-8-7-10(2)11(3)12(4,5)9-13/h10-11H,6-9H2,1-5H3. The Hall–Kier alpha value is -0.0400. The van der Waals surface area contributed by atoms with Crippen molar-refractivity contribution in [3.63, 3.8) is 0 Å². The molecule has 0 spiro atoms. The van der Waals surface area contributed by atoms with Crippen molar-refractivity contribution in [1.29, 1.82) is 0 Å². The first-order chi connectivity index (χ1) is 5.97. The molecule has 0 amide bonds. The van der Waals surface area contributed by atoms with Gasteiger partial charge in [0, 0.05) is 6.54 Å². The number of nitrogens with zero attached hydrogens (tertiary/aromatic N) is 1. The first-order valence-electron chi connectivity index (χ1n) is 5.69. The highest BCUT2D eigenvalue weighted by Crippen LogP contribution is 2.37. The average molecular weight is 183 g/mol. The van der Waals surface area contributed by atoms with Gasteiger partial charge in [0.25, 0.3) is 0 Å². The van der Waals surface area contributed by atoms with E-state index in [1.807, 2.05) is 0 Å². The molecule has 1 fully saturated rings. The van der Waals surface area contributed by atoms with Gasteiger partial charge in [0.2, 0.25) is 0 Å². The minimum atomic E-state index is 0.492. The molecule has 0 aromatic rings. The molecular weight excluding hydrogens is 158 g/mol. The number of hydrogen-bond acceptors (Lipinski definition) is 1. The molecule has 2 unspecified atom stereocenters. The lowest BCUT2D eigenvalue weighted by Gasteiger charge is -2.35. The summed E-state index contributed by atoms with van der Waals surface area (Å²) in [7, 11) is 0. The SMILES string of the molecule is CCN1CCC(C)C(C)C(C)(C)C1. The highest BCUT2D eigenvalue weighted by atomic mass is 15.1. The molecule has 1 aliphatic heterocycles. The zero-order valence-electron chi connectivity index (χ0n) is 9.93. The smallest absolute Gasteiger partial charge is 0.00352 e. The van der Waals surface area contributed by atoms with E-state index in [9.17, 15) is 0 Å². The second kappa shape index (κ2) is 4.00. The molecule has 0 saturated carbocycles. The molecule has 1 nitrogen and oxygen atoms in total. The average Bonchev–Trinajstić information content (AvgIpc) is 2.17. The zero-order chi connectivity index (χ0) is 10.1. The van der Waals surface area contributed by atoms with Crippen LogP contribution in [0.4, 0.5) is 0 Å². The Morgan fingerprint density at radius 1 is 1.31 bits per heavy atom. The van der Waals surface area contributed by atoms with Gasteiger partial charge in [-0.25, -0.2) is 0 Å². The van der Waals surface area contributed by atoms with Crippen LogP contribution in [-0.4, -0.2) is 24.5 Å². The van der Waals surface area contributed by atoms with E-state index in [1.165, 1.54) is 26.1 Å². The first kappa shape index (κ1) is 11.0. The van der Waals surface area contributed by atoms with Crippen molar-refractivity contribution in [2.24, 2.45) is 17.3 Å². The summed E-state index contributed by atoms with van der Waals surface area (Å²) >= 11 is 0. The largest absolute Gasteiger partial charge is 0.303 e. The summed E-state index contributed by atoms with van der Waals surface area (Å²) in [5.74, 6) is 1.73. The Morgan fingerprint density at radius 2 is 1.92 bits per heavy atom. The molecule has 13 heavy (non-hydrogen) atoms. The molecule has 0 N–H and O–H groups in total. The number of hydrogen-bond donors (Lipinski definition) is 0. The zero-order valence-corrected chi connectivity index (χ0v) is 9.93. The number of likely N-dealkylation sites (tertiary alicyclic amines) is 1. The van der Waals surface area contributed by atoms with Crippen molar-refractivity contribution in [3.05, 3.63) is 0 Å². The lowest BCUT2D eigenvalue weighted by molar-refractivity contribution is 0.141. The summed E-state index contributed by atoms with van der Waals surface area (Å²) in [6.45, 7) is 15.7. The molecule has 0 radical (unpaired) electrons. The molecule has 78 valence electrons. The van der Waals surface area contributed by atoms with Crippen LogP contribution >= 0.6 is 0 Å². The van der Waals surface area contributed by atoms with E-state index in [-0.39, 0.29) is 0 Å². The van der Waals surface area contributed by atoms with Crippen molar-refractivity contribution in [1.82, 2.24) is 4.90 Å². The predicted octanol–water partition coefficient (Wildman–Crippen LogP) is 3.01. The molecule has 1 heteroatoms. The van der Waals surface area contributed by atoms with Crippen LogP contribution in [0.25, 0.3) is 0 Å². The van der Waals surface area contributed by atoms with E-state index >= 15 is 0 Å². The molecule has 2 atom stereocenters. The minimum absolute atomic E-state index is 0.492. The Kier molecular flexibility index (Phi) is 3.39. The fraction of sp³-hybridized carbons (Fsp3) is 1.00. The summed E-state index contributed by atoms with van der Waals surface area (Å²) < 4.78 is 0. The third kappa shape index (κ3) is 2.46. The monoisotopic (exact) mass is 183 g/mol. The maximum atomic E-state index is 2.60. The van der Waals surface area contributed by atoms with Gasteiger partial charge in [0.15, 0.2) is 0 Å². The van der Waals surface area contributed by atoms with Gasteiger partial charge in [-0.2, -0.15) is 0 Å². The molecule has 1 aliphatic rings. The van der Waals surface area contributed by atoms with Crippen LogP contribution in [0.1, 0.15) is 41.0 Å². The van der Waals surface area contributed by atoms with E-state index < -0.39 is 0 Å². The van der Waals surface area contributed by atoms with Gasteiger partial charge >= 0.3 is 0 Å². The van der Waals surface area contributed by atoms with Crippen molar-refractivity contribution < 1.29 is 0 Å². The summed E-state index contributed by atoms with van der Waals surface area (Å²) in [4.78, 5) is 2.60. The first-order valence-corrected chi connectivity index (χ1v) is 5.69. The van der Waals surface area contributed by atoms with Gasteiger partial charge < -0.3 is 4.90 Å². The summed E-state index contributed by atoms with van der Waals surface area (Å²) in [6, 6.07) is 0. The minimum Gasteiger partial charge on any atom is -0.303 e. The third-order valence-electron chi connectivity index (χ3n) is 4.07. The molecule has 1 heterocycles. The normalized spacial score (nSPS) is 35.8. The second-order valence-electron chi connectivity index (χ2n) is 5.41. The van der Waals surface area contributed by atoms with E-state index in [0.29, 0.717) is 5.41 Å². The van der Waals surface area contributed by atoms with Crippen LogP contribution in [0.3, 0.4) is 0 Å². The molecule has 1 rings (SSSR count). The lowest BCUT2D eigenvalue weighted by Crippen LogP contribution is -2.36. The summed E-state index contributed by atoms with van der Waals surface area (Å²) in [6.07, 6.45) is 1.37. The predicted molar refractivity (Wildman–Crippen MR) is 58.8 cm³/mol. The summed E-state index contributed by atoms with van der Waals surface area (Å²) in [5.41, 5.74) is 0.492. The quantitative estimate of drug-likeness (QED) is 0.604. The summed E-state index contributed by atoms with van der Waals surface area (Å²) in [5, 5.41) is 0. The van der Waals surface area contributed by atoms with E-state index in [4.69, 9.17) is 0 Å². The van der Waals surface area contributed by atoms with E-state index in [1.54, 1.807) is 0 Å². The van der Waals surface area contributed by atoms with Crippen LogP contribution in [0.5, 0.6) is 0 Å². The van der Waals surface area contributed by atoms with E-state index in [0.717, 1.165) is 11.8 Å². The fourth-order valence-electron chi connectivity index (χ4n) is 2.48. The van der Waals surface area contributed by atoms with E-state index in [2.05, 4.69) is 39.5 Å². The van der Waals surface area contributed by atoms with Crippen LogP contribution in [0.15, 0.2) is 0 Å². The maximum absolute atomic E-state index is 2.60. The van der Waals surface area contributed by atoms with Gasteiger partial charge in [-0.3, -0.25) is 0 Å². The van der Waals surface area contributed by atoms with Crippen LogP contribution < -0.4 is 0 Å². The van der Waals surface area contributed by atoms with Gasteiger partial charge in [0.1, 0.15) is 0 Å². The van der Waals surface area contributed by atoms with Crippen molar-refractivity contribution in [2.75, 3.05) is 19.6 Å². The van der Waals surface area contributed by atoms with Gasteiger partial charge in [-0.15, -0.1) is 0 Å². The molecule has 1 saturated heterocycles. The van der Waals surface area contributed by atoms with Crippen LogP contribution in [0, 0.1) is 17.3 Å². The molecular formula is C12H25N. The molecule has 0 aromatic carbocycles. The molecule has 0 bridgehead atoms. The van der Waals surface area contributed by atoms with Crippen molar-refractivity contribution in [2.45, 2.75) is 41.0 Å². The lowest BCUT2D eigenvalue weighted by atomic mass is 9.73. The molecule has 0 aromatic heterocycles. The Labute approximate surface area is 83.5 Å². The third-order valence-corrected chi connectivity index (χ3v) is 4.07. The van der Waals surface area contributed by atoms with Gasteiger partial charge in [0.05, 0.1) is 0 Å². The second-order valence-corrected chi connectivity index (χ2v) is 5.41. The Balaban J connectivity index is 2.71. The molecule has 0 aliphatic carbocycles. The van der Waals surface area contributed by atoms with Crippen LogP contribution in [0.2, 0.25) is 0 Å².